The van der Waals surface area contributed by atoms with E-state index in [9.17, 15) is 0 Å². The lowest BCUT2D eigenvalue weighted by Crippen LogP contribution is -2.51. The molecule has 1 heterocycles. The first kappa shape index (κ1) is 8.37. The maximum absolute atomic E-state index is 9.11. The molecule has 2 nitrogen and oxygen atoms in total. The Kier molecular flexibility index (Phi) is 2.61. The van der Waals surface area contributed by atoms with Gasteiger partial charge in [-0.05, 0) is 18.7 Å². The van der Waals surface area contributed by atoms with Crippen molar-refractivity contribution in [3.05, 3.63) is 0 Å². The number of nitrogens with one attached hydrogen (secondary N) is 1. The zero-order valence-corrected chi connectivity index (χ0v) is 7.37. The third kappa shape index (κ3) is 1.18. The second-order valence-electron chi connectivity index (χ2n) is 2.98. The van der Waals surface area contributed by atoms with Crippen molar-refractivity contribution in [3.63, 3.8) is 0 Å². The highest BCUT2D eigenvalue weighted by Gasteiger charge is 2.38. The molecule has 3 heteroatoms. The quantitative estimate of drug-likeness (QED) is 0.612. The van der Waals surface area contributed by atoms with Crippen LogP contribution in [-0.2, 0) is 0 Å². The Balaban J connectivity index is 2.61. The molecule has 0 aromatic heterocycles. The van der Waals surface area contributed by atoms with Crippen LogP contribution >= 0.6 is 11.8 Å². The van der Waals surface area contributed by atoms with Crippen LogP contribution in [0.1, 0.15) is 6.92 Å². The van der Waals surface area contributed by atoms with Crippen molar-refractivity contribution in [2.75, 3.05) is 25.2 Å². The van der Waals surface area contributed by atoms with Crippen LogP contribution in [-0.4, -0.2) is 35.8 Å². The fourth-order valence-electron chi connectivity index (χ4n) is 1.32. The van der Waals surface area contributed by atoms with Gasteiger partial charge < -0.3 is 10.4 Å². The molecule has 0 saturated carbocycles. The van der Waals surface area contributed by atoms with Crippen molar-refractivity contribution in [1.82, 2.24) is 5.32 Å². The molecule has 60 valence electrons. The van der Waals surface area contributed by atoms with Crippen molar-refractivity contribution in [2.45, 2.75) is 12.5 Å². The summed E-state index contributed by atoms with van der Waals surface area (Å²) in [6, 6.07) is 0. The minimum absolute atomic E-state index is 0.00463. The van der Waals surface area contributed by atoms with Gasteiger partial charge in [-0.25, -0.2) is 0 Å². The fourth-order valence-corrected chi connectivity index (χ4v) is 2.99. The molecule has 1 fully saturated rings. The van der Waals surface area contributed by atoms with E-state index >= 15 is 0 Å². The van der Waals surface area contributed by atoms with Gasteiger partial charge in [-0.3, -0.25) is 0 Å². The molecule has 0 spiro atoms. The van der Waals surface area contributed by atoms with Crippen LogP contribution in [0.15, 0.2) is 0 Å². The molecular formula is C7H15NOS. The number of hydrogen-bond donors (Lipinski definition) is 2. The van der Waals surface area contributed by atoms with E-state index in [4.69, 9.17) is 5.11 Å². The summed E-state index contributed by atoms with van der Waals surface area (Å²) in [4.78, 5) is 0. The highest BCUT2D eigenvalue weighted by Crippen LogP contribution is 2.32. The Bertz CT molecular complexity index is 114. The van der Waals surface area contributed by atoms with E-state index in [0.717, 1.165) is 5.75 Å². The summed E-state index contributed by atoms with van der Waals surface area (Å²) in [6.07, 6.45) is 0. The number of thioether (sulfide) groups is 1. The van der Waals surface area contributed by atoms with Gasteiger partial charge in [-0.2, -0.15) is 11.8 Å². The van der Waals surface area contributed by atoms with Crippen LogP contribution in [0.3, 0.4) is 0 Å². The summed E-state index contributed by atoms with van der Waals surface area (Å²) in [6.45, 7) is 2.45. The molecule has 2 N–H and O–H groups in total. The van der Waals surface area contributed by atoms with Crippen LogP contribution < -0.4 is 5.32 Å². The van der Waals surface area contributed by atoms with Crippen LogP contribution in [0.2, 0.25) is 0 Å². The zero-order chi connectivity index (χ0) is 7.61. The standard InChI is InChI=1S/C7H15NOS/c1-6-3-10-5-7(6,4-9)8-2/h6,8-9H,3-5H2,1-2H3. The van der Waals surface area contributed by atoms with Gasteiger partial charge in [0.1, 0.15) is 0 Å². The molecule has 1 rings (SSSR count). The van der Waals surface area contributed by atoms with E-state index in [1.54, 1.807) is 0 Å². The van der Waals surface area contributed by atoms with E-state index in [0.29, 0.717) is 5.92 Å². The summed E-state index contributed by atoms with van der Waals surface area (Å²) in [5.74, 6) is 2.80. The molecule has 0 aliphatic carbocycles. The number of aliphatic hydroxyl groups is 1. The molecule has 0 amide bonds. The molecule has 1 saturated heterocycles. The predicted octanol–water partition coefficient (Wildman–Crippen LogP) is 0.320. The Morgan fingerprint density at radius 3 is 2.70 bits per heavy atom. The van der Waals surface area contributed by atoms with Crippen molar-refractivity contribution in [2.24, 2.45) is 5.92 Å². The van der Waals surface area contributed by atoms with Crippen LogP contribution in [0, 0.1) is 5.92 Å². The van der Waals surface area contributed by atoms with Crippen molar-refractivity contribution in [1.29, 1.82) is 0 Å². The first-order chi connectivity index (χ1) is 4.75. The summed E-state index contributed by atoms with van der Waals surface area (Å²) in [7, 11) is 1.93. The smallest absolute Gasteiger partial charge is 0.0624 e. The van der Waals surface area contributed by atoms with Gasteiger partial charge in [0.05, 0.1) is 12.1 Å². The van der Waals surface area contributed by atoms with Gasteiger partial charge in [0.15, 0.2) is 0 Å². The molecule has 10 heavy (non-hydrogen) atoms. The molecule has 2 atom stereocenters. The topological polar surface area (TPSA) is 32.3 Å². The minimum Gasteiger partial charge on any atom is -0.394 e. The highest BCUT2D eigenvalue weighted by molar-refractivity contribution is 7.99. The van der Waals surface area contributed by atoms with E-state index in [-0.39, 0.29) is 12.1 Å². The zero-order valence-electron chi connectivity index (χ0n) is 6.55. The van der Waals surface area contributed by atoms with Crippen LogP contribution in [0.4, 0.5) is 0 Å². The summed E-state index contributed by atoms with van der Waals surface area (Å²) < 4.78 is 0. The Hall–Kier alpha value is 0.270. The second kappa shape index (κ2) is 3.11. The van der Waals surface area contributed by atoms with E-state index < -0.39 is 0 Å². The van der Waals surface area contributed by atoms with Gasteiger partial charge in [0, 0.05) is 5.75 Å². The van der Waals surface area contributed by atoms with Gasteiger partial charge in [-0.15, -0.1) is 0 Å². The monoisotopic (exact) mass is 161 g/mol. The molecule has 1 aliphatic heterocycles. The lowest BCUT2D eigenvalue weighted by Gasteiger charge is -2.30. The average molecular weight is 161 g/mol. The first-order valence-electron chi connectivity index (χ1n) is 3.62. The lowest BCUT2D eigenvalue weighted by molar-refractivity contribution is 0.153. The van der Waals surface area contributed by atoms with Gasteiger partial charge in [0.2, 0.25) is 0 Å². The molecular weight excluding hydrogens is 146 g/mol. The summed E-state index contributed by atoms with van der Waals surface area (Å²) in [5, 5.41) is 12.3. The van der Waals surface area contributed by atoms with Crippen molar-refractivity contribution in [3.8, 4) is 0 Å². The largest absolute Gasteiger partial charge is 0.394 e. The molecule has 0 bridgehead atoms. The Morgan fingerprint density at radius 1 is 1.80 bits per heavy atom. The van der Waals surface area contributed by atoms with Crippen molar-refractivity contribution < 1.29 is 5.11 Å². The third-order valence-corrected chi connectivity index (χ3v) is 3.91. The Labute approximate surface area is 66.4 Å². The average Bonchev–Trinajstić information content (AvgIpc) is 2.32. The number of rotatable bonds is 2. The first-order valence-corrected chi connectivity index (χ1v) is 4.78. The van der Waals surface area contributed by atoms with Gasteiger partial charge in [0.25, 0.3) is 0 Å². The highest BCUT2D eigenvalue weighted by atomic mass is 32.2. The second-order valence-corrected chi connectivity index (χ2v) is 4.01. The van der Waals surface area contributed by atoms with E-state index in [1.807, 2.05) is 18.8 Å². The predicted molar refractivity (Wildman–Crippen MR) is 45.4 cm³/mol. The maximum atomic E-state index is 9.11. The summed E-state index contributed by atoms with van der Waals surface area (Å²) in [5.41, 5.74) is 0.00463. The molecule has 0 aromatic rings. The van der Waals surface area contributed by atoms with Gasteiger partial charge in [-0.1, -0.05) is 6.92 Å². The maximum Gasteiger partial charge on any atom is 0.0624 e. The molecule has 1 aliphatic rings. The molecule has 0 radical (unpaired) electrons. The summed E-state index contributed by atoms with van der Waals surface area (Å²) >= 11 is 1.92. The van der Waals surface area contributed by atoms with E-state index in [2.05, 4.69) is 12.2 Å². The number of likely N-dealkylation sites (N-methyl/N-ethyl adjacent to an activating group) is 1. The SMILES string of the molecule is CNC1(CO)CSCC1C. The fraction of sp³-hybridized carbons (Fsp3) is 1.00. The van der Waals surface area contributed by atoms with Crippen molar-refractivity contribution >= 4 is 11.8 Å². The third-order valence-electron chi connectivity index (χ3n) is 2.45. The van der Waals surface area contributed by atoms with Gasteiger partial charge >= 0.3 is 0 Å². The van der Waals surface area contributed by atoms with E-state index in [1.165, 1.54) is 5.75 Å². The normalized spacial score (nSPS) is 40.5. The minimum atomic E-state index is 0.00463. The number of aliphatic hydroxyl groups excluding tert-OH is 1. The molecule has 2 unspecified atom stereocenters. The Morgan fingerprint density at radius 2 is 2.50 bits per heavy atom. The number of hydrogen-bond acceptors (Lipinski definition) is 3. The lowest BCUT2D eigenvalue weighted by atomic mass is 9.90. The van der Waals surface area contributed by atoms with Crippen LogP contribution in [0.25, 0.3) is 0 Å². The van der Waals surface area contributed by atoms with Crippen LogP contribution in [0.5, 0.6) is 0 Å². The molecule has 0 aromatic carbocycles.